The van der Waals surface area contributed by atoms with Crippen LogP contribution in [-0.2, 0) is 9.53 Å². The molecule has 1 fully saturated rings. The average molecular weight is 446 g/mol. The molecule has 1 aromatic heterocycles. The summed E-state index contributed by atoms with van der Waals surface area (Å²) in [5.74, 6) is 0.0561. The monoisotopic (exact) mass is 445 g/mol. The second-order valence-electron chi connectivity index (χ2n) is 8.85. The molecule has 1 aromatic rings. The van der Waals surface area contributed by atoms with Gasteiger partial charge in [-0.05, 0) is 38.3 Å². The highest BCUT2D eigenvalue weighted by Gasteiger charge is 2.35. The number of aromatic nitrogens is 1. The Bertz CT molecular complexity index is 837. The summed E-state index contributed by atoms with van der Waals surface area (Å²) in [5, 5.41) is 9.75. The SMILES string of the molecule is C/C=C/c1cnc2c(c1)C(=O)N([C@H](C)CO)C[C@@H](C)[C@@H](CN(C)C(=O)C1CCOCC1)O2. The number of aliphatic hydroxyl groups is 1. The number of aliphatic hydroxyl groups excluding tert-OH is 1. The molecule has 3 atom stereocenters. The van der Waals surface area contributed by atoms with Gasteiger partial charge in [-0.1, -0.05) is 19.1 Å². The van der Waals surface area contributed by atoms with Gasteiger partial charge in [-0.3, -0.25) is 9.59 Å². The molecule has 2 aliphatic heterocycles. The number of allylic oxidation sites excluding steroid dienone is 1. The van der Waals surface area contributed by atoms with Crippen molar-refractivity contribution < 1.29 is 24.2 Å². The predicted molar refractivity (Wildman–Crippen MR) is 121 cm³/mol. The van der Waals surface area contributed by atoms with Gasteiger partial charge >= 0.3 is 0 Å². The molecule has 2 amide bonds. The van der Waals surface area contributed by atoms with Crippen LogP contribution in [0, 0.1) is 11.8 Å². The zero-order chi connectivity index (χ0) is 23.3. The Labute approximate surface area is 190 Å². The van der Waals surface area contributed by atoms with E-state index in [1.165, 1.54) is 0 Å². The number of rotatable bonds is 6. The van der Waals surface area contributed by atoms with Gasteiger partial charge in [0.2, 0.25) is 11.8 Å². The third kappa shape index (κ3) is 5.48. The van der Waals surface area contributed by atoms with Gasteiger partial charge < -0.3 is 24.4 Å². The van der Waals surface area contributed by atoms with Crippen molar-refractivity contribution in [3.05, 3.63) is 29.5 Å². The van der Waals surface area contributed by atoms with Gasteiger partial charge in [0.1, 0.15) is 11.7 Å². The Balaban J connectivity index is 1.88. The lowest BCUT2D eigenvalue weighted by molar-refractivity contribution is -0.138. The van der Waals surface area contributed by atoms with Crippen molar-refractivity contribution in [1.82, 2.24) is 14.8 Å². The van der Waals surface area contributed by atoms with Gasteiger partial charge in [0.15, 0.2) is 0 Å². The number of hydrogen-bond acceptors (Lipinski definition) is 6. The van der Waals surface area contributed by atoms with Crippen LogP contribution in [0.1, 0.15) is 49.5 Å². The maximum atomic E-state index is 13.3. The van der Waals surface area contributed by atoms with E-state index in [1.807, 2.05) is 32.9 Å². The molecule has 0 aliphatic carbocycles. The van der Waals surface area contributed by atoms with Gasteiger partial charge in [0, 0.05) is 44.8 Å². The molecule has 3 heterocycles. The van der Waals surface area contributed by atoms with Crippen LogP contribution < -0.4 is 4.74 Å². The minimum atomic E-state index is -0.344. The minimum Gasteiger partial charge on any atom is -0.472 e. The lowest BCUT2D eigenvalue weighted by Gasteiger charge is -2.38. The van der Waals surface area contributed by atoms with E-state index in [-0.39, 0.29) is 48.3 Å². The minimum absolute atomic E-state index is 0.0288. The first-order valence-corrected chi connectivity index (χ1v) is 11.4. The first-order chi connectivity index (χ1) is 15.3. The zero-order valence-corrected chi connectivity index (χ0v) is 19.5. The maximum Gasteiger partial charge on any atom is 0.259 e. The van der Waals surface area contributed by atoms with Gasteiger partial charge in [-0.2, -0.15) is 0 Å². The van der Waals surface area contributed by atoms with E-state index in [4.69, 9.17) is 9.47 Å². The summed E-state index contributed by atoms with van der Waals surface area (Å²) < 4.78 is 11.6. The lowest BCUT2D eigenvalue weighted by atomic mass is 9.97. The average Bonchev–Trinajstić information content (AvgIpc) is 2.81. The highest BCUT2D eigenvalue weighted by Crippen LogP contribution is 2.28. The van der Waals surface area contributed by atoms with Crippen molar-refractivity contribution in [3.8, 4) is 5.88 Å². The maximum absolute atomic E-state index is 13.3. The topological polar surface area (TPSA) is 92.2 Å². The van der Waals surface area contributed by atoms with Crippen molar-refractivity contribution in [3.63, 3.8) is 0 Å². The number of pyridine rings is 1. The highest BCUT2D eigenvalue weighted by atomic mass is 16.5. The van der Waals surface area contributed by atoms with E-state index in [0.29, 0.717) is 31.9 Å². The number of carbonyl (C=O) groups excluding carboxylic acids is 2. The van der Waals surface area contributed by atoms with Crippen LogP contribution in [0.15, 0.2) is 18.3 Å². The molecule has 2 aliphatic rings. The third-order valence-electron chi connectivity index (χ3n) is 6.30. The summed E-state index contributed by atoms with van der Waals surface area (Å²) >= 11 is 0. The van der Waals surface area contributed by atoms with Crippen LogP contribution in [0.2, 0.25) is 0 Å². The summed E-state index contributed by atoms with van der Waals surface area (Å²) in [6, 6.07) is 1.43. The molecule has 0 radical (unpaired) electrons. The Morgan fingerprint density at radius 3 is 2.78 bits per heavy atom. The number of amides is 2. The molecular formula is C24H35N3O5. The fraction of sp³-hybridized carbons (Fsp3) is 0.625. The Morgan fingerprint density at radius 2 is 2.12 bits per heavy atom. The quantitative estimate of drug-likeness (QED) is 0.722. The third-order valence-corrected chi connectivity index (χ3v) is 6.30. The number of ether oxygens (including phenoxy) is 2. The van der Waals surface area contributed by atoms with E-state index >= 15 is 0 Å². The first-order valence-electron chi connectivity index (χ1n) is 11.4. The van der Waals surface area contributed by atoms with Gasteiger partial charge in [-0.25, -0.2) is 4.98 Å². The van der Waals surface area contributed by atoms with Crippen molar-refractivity contribution in [2.45, 2.75) is 45.8 Å². The lowest BCUT2D eigenvalue weighted by Crippen LogP contribution is -2.51. The van der Waals surface area contributed by atoms with Crippen LogP contribution in [0.5, 0.6) is 5.88 Å². The predicted octanol–water partition coefficient (Wildman–Crippen LogP) is 2.22. The molecule has 8 nitrogen and oxygen atoms in total. The molecule has 0 aromatic carbocycles. The molecule has 1 N–H and O–H groups in total. The Kier molecular flexibility index (Phi) is 8.26. The van der Waals surface area contributed by atoms with Gasteiger partial charge in [0.05, 0.1) is 19.2 Å². The van der Waals surface area contributed by atoms with E-state index in [1.54, 1.807) is 29.1 Å². The molecule has 1 saturated heterocycles. The summed E-state index contributed by atoms with van der Waals surface area (Å²) in [6.45, 7) is 7.63. The Morgan fingerprint density at radius 1 is 1.41 bits per heavy atom. The standard InChI is InChI=1S/C24H35N3O5/c1-5-6-18-11-20-22(25-12-18)32-21(16(2)13-27(24(20)30)17(3)15-28)14-26(4)23(29)19-7-9-31-10-8-19/h5-6,11-12,16-17,19,21,28H,7-10,13-15H2,1-4H3/b6-5+/t16-,17-,21-/m1/s1. The van der Waals surface area contributed by atoms with Crippen LogP contribution >= 0.6 is 0 Å². The van der Waals surface area contributed by atoms with Crippen molar-refractivity contribution in [2.24, 2.45) is 11.8 Å². The van der Waals surface area contributed by atoms with E-state index in [2.05, 4.69) is 4.98 Å². The number of hydrogen-bond donors (Lipinski definition) is 1. The number of carbonyl (C=O) groups is 2. The van der Waals surface area contributed by atoms with Gasteiger partial charge in [0.25, 0.3) is 5.91 Å². The summed E-state index contributed by atoms with van der Waals surface area (Å²) in [7, 11) is 1.80. The molecular weight excluding hydrogens is 410 g/mol. The van der Waals surface area contributed by atoms with Crippen LogP contribution in [0.25, 0.3) is 6.08 Å². The number of fused-ring (bicyclic) bond motifs is 1. The van der Waals surface area contributed by atoms with Crippen molar-refractivity contribution in [1.29, 1.82) is 0 Å². The van der Waals surface area contributed by atoms with Crippen LogP contribution in [-0.4, -0.2) is 83.8 Å². The first kappa shape index (κ1) is 24.2. The van der Waals surface area contributed by atoms with Crippen LogP contribution in [0.3, 0.4) is 0 Å². The molecule has 0 saturated carbocycles. The summed E-state index contributed by atoms with van der Waals surface area (Å²) in [4.78, 5) is 34.1. The Hall–Kier alpha value is -2.45. The molecule has 176 valence electrons. The molecule has 0 bridgehead atoms. The molecule has 8 heteroatoms. The van der Waals surface area contributed by atoms with E-state index in [0.717, 1.165) is 18.4 Å². The largest absolute Gasteiger partial charge is 0.472 e. The molecule has 3 rings (SSSR count). The molecule has 0 unspecified atom stereocenters. The second-order valence-corrected chi connectivity index (χ2v) is 8.85. The second kappa shape index (κ2) is 10.9. The smallest absolute Gasteiger partial charge is 0.259 e. The van der Waals surface area contributed by atoms with Crippen molar-refractivity contribution in [2.75, 3.05) is 40.0 Å². The fourth-order valence-corrected chi connectivity index (χ4v) is 4.24. The van der Waals surface area contributed by atoms with Crippen molar-refractivity contribution >= 4 is 17.9 Å². The molecule has 32 heavy (non-hydrogen) atoms. The molecule has 0 spiro atoms. The van der Waals surface area contributed by atoms with E-state index < -0.39 is 0 Å². The summed E-state index contributed by atoms with van der Waals surface area (Å²) in [6.07, 6.45) is 6.56. The van der Waals surface area contributed by atoms with Crippen LogP contribution in [0.4, 0.5) is 0 Å². The summed E-state index contributed by atoms with van der Waals surface area (Å²) in [5.41, 5.74) is 1.17. The van der Waals surface area contributed by atoms with Gasteiger partial charge in [-0.15, -0.1) is 0 Å². The fourth-order valence-electron chi connectivity index (χ4n) is 4.24. The number of nitrogens with zero attached hydrogens (tertiary/aromatic N) is 3. The normalized spacial score (nSPS) is 23.3. The zero-order valence-electron chi connectivity index (χ0n) is 19.5. The number of likely N-dealkylation sites (N-methyl/N-ethyl adjacent to an activating group) is 1. The van der Waals surface area contributed by atoms with E-state index in [9.17, 15) is 14.7 Å². The highest BCUT2D eigenvalue weighted by molar-refractivity contribution is 5.97.